The van der Waals surface area contributed by atoms with Crippen LogP contribution in [0.1, 0.15) is 106 Å². The van der Waals surface area contributed by atoms with Crippen molar-refractivity contribution in [1.29, 1.82) is 0 Å². The summed E-state index contributed by atoms with van der Waals surface area (Å²) in [7, 11) is 0. The van der Waals surface area contributed by atoms with Gasteiger partial charge >= 0.3 is 0 Å². The van der Waals surface area contributed by atoms with Crippen LogP contribution in [0.4, 0.5) is 0 Å². The van der Waals surface area contributed by atoms with Gasteiger partial charge in [0, 0.05) is 49.5 Å². The Morgan fingerprint density at radius 3 is 0.750 bits per heavy atom. The summed E-state index contributed by atoms with van der Waals surface area (Å²) in [5.41, 5.74) is 2.88. The smallest absolute Gasteiger partial charge is 0.164 e. The fourth-order valence-corrected chi connectivity index (χ4v) is 5.30. The Morgan fingerprint density at radius 1 is 0.269 bits per heavy atom. The highest BCUT2D eigenvalue weighted by Gasteiger charge is 2.28. The lowest BCUT2D eigenvalue weighted by Crippen LogP contribution is -2.24. The van der Waals surface area contributed by atoms with Crippen LogP contribution in [0.15, 0.2) is 78.9 Å². The molecule has 0 atom stereocenters. The predicted molar refractivity (Wildman–Crippen MR) is 209 cm³/mol. The van der Waals surface area contributed by atoms with E-state index in [1.807, 2.05) is 72.8 Å². The van der Waals surface area contributed by atoms with Crippen LogP contribution in [0.3, 0.4) is 0 Å². The van der Waals surface area contributed by atoms with Crippen LogP contribution in [0.5, 0.6) is 0 Å². The van der Waals surface area contributed by atoms with E-state index in [1.54, 1.807) is 0 Å². The van der Waals surface area contributed by atoms with E-state index in [2.05, 4.69) is 89.2 Å². The van der Waals surface area contributed by atoms with E-state index in [0.717, 1.165) is 51.1 Å². The minimum atomic E-state index is -0.307. The van der Waals surface area contributed by atoms with E-state index < -0.39 is 0 Å². The van der Waals surface area contributed by atoms with Crippen LogP contribution in [0.25, 0.3) is 56.9 Å². The highest BCUT2D eigenvalue weighted by molar-refractivity contribution is 5.76. The summed E-state index contributed by atoms with van der Waals surface area (Å²) >= 11 is 0. The molecule has 0 unspecified atom stereocenters. The maximum absolute atomic E-state index is 5.07. The lowest BCUT2D eigenvalue weighted by Gasteiger charge is -2.23. The molecular weight excluding hydrogens is 643 g/mol. The Morgan fingerprint density at radius 2 is 0.500 bits per heavy atom. The highest BCUT2D eigenvalue weighted by atomic mass is 15.1. The van der Waals surface area contributed by atoms with Crippen LogP contribution in [-0.2, 0) is 21.7 Å². The van der Waals surface area contributed by atoms with Crippen molar-refractivity contribution in [3.63, 3.8) is 0 Å². The number of hydrogen-bond donors (Lipinski definition) is 0. The van der Waals surface area contributed by atoms with Gasteiger partial charge in [0.25, 0.3) is 0 Å². The number of hydrogen-bond acceptors (Lipinski definition) is 9. The van der Waals surface area contributed by atoms with Gasteiger partial charge in [0.05, 0.1) is 0 Å². The van der Waals surface area contributed by atoms with Gasteiger partial charge in [-0.15, -0.1) is 0 Å². The van der Waals surface area contributed by atoms with Gasteiger partial charge in [-0.25, -0.2) is 44.9 Å². The first-order valence-corrected chi connectivity index (χ1v) is 17.8. The van der Waals surface area contributed by atoms with Gasteiger partial charge in [-0.05, 0) is 18.2 Å². The van der Waals surface area contributed by atoms with Crippen LogP contribution < -0.4 is 0 Å². The van der Waals surface area contributed by atoms with Gasteiger partial charge in [-0.2, -0.15) is 0 Å². The summed E-state index contributed by atoms with van der Waals surface area (Å²) in [6.45, 7) is 25.4. The highest BCUT2D eigenvalue weighted by Crippen LogP contribution is 2.34. The maximum atomic E-state index is 5.07. The van der Waals surface area contributed by atoms with Crippen molar-refractivity contribution >= 4 is 0 Å². The van der Waals surface area contributed by atoms with Crippen molar-refractivity contribution in [2.75, 3.05) is 0 Å². The van der Waals surface area contributed by atoms with E-state index in [4.69, 9.17) is 44.9 Å². The lowest BCUT2D eigenvalue weighted by atomic mass is 9.92. The predicted octanol–water partition coefficient (Wildman–Crippen LogP) is 9.77. The maximum Gasteiger partial charge on any atom is 0.164 e. The summed E-state index contributed by atoms with van der Waals surface area (Å²) in [6.07, 6.45) is 0. The molecule has 0 radical (unpaired) electrons. The molecule has 6 aromatic rings. The largest absolute Gasteiger partial charge is 0.217 e. The molecule has 0 spiro atoms. The Bertz CT molecular complexity index is 2000. The van der Waals surface area contributed by atoms with Crippen molar-refractivity contribution in [1.82, 2.24) is 44.9 Å². The first-order chi connectivity index (χ1) is 24.3. The summed E-state index contributed by atoms with van der Waals surface area (Å²) in [5, 5.41) is 0. The first kappa shape index (κ1) is 36.5. The number of aromatic nitrogens is 9. The topological polar surface area (TPSA) is 116 Å². The van der Waals surface area contributed by atoms with Crippen molar-refractivity contribution in [2.24, 2.45) is 0 Å². The molecule has 0 amide bonds. The third kappa shape index (κ3) is 8.09. The minimum absolute atomic E-state index is 0.307. The van der Waals surface area contributed by atoms with Crippen LogP contribution in [0, 0.1) is 0 Å². The molecule has 0 fully saturated rings. The molecule has 0 aliphatic heterocycles. The summed E-state index contributed by atoms with van der Waals surface area (Å²) < 4.78 is 0. The van der Waals surface area contributed by atoms with Gasteiger partial charge in [0.2, 0.25) is 0 Å². The fraction of sp³-hybridized carbons (Fsp3) is 0.372. The van der Waals surface area contributed by atoms with Gasteiger partial charge in [-0.3, -0.25) is 0 Å². The normalized spacial score (nSPS) is 12.6. The summed E-state index contributed by atoms with van der Waals surface area (Å²) in [4.78, 5) is 45.2. The zero-order valence-corrected chi connectivity index (χ0v) is 32.5. The van der Waals surface area contributed by atoms with Crippen molar-refractivity contribution in [3.05, 3.63) is 102 Å². The summed E-state index contributed by atoms with van der Waals surface area (Å²) in [6, 6.07) is 26.1. The Balaban J connectivity index is 1.69. The molecule has 3 aromatic heterocycles. The molecule has 6 rings (SSSR count). The average Bonchev–Trinajstić information content (AvgIpc) is 3.10. The lowest BCUT2D eigenvalue weighted by molar-refractivity contribution is 0.497. The molecule has 9 heteroatoms. The molecule has 0 aliphatic rings. The molecule has 0 N–H and O–H groups in total. The Kier molecular flexibility index (Phi) is 9.36. The molecule has 0 bridgehead atoms. The quantitative estimate of drug-likeness (QED) is 0.174. The third-order valence-corrected chi connectivity index (χ3v) is 8.36. The van der Waals surface area contributed by atoms with Crippen LogP contribution in [0.2, 0.25) is 0 Å². The fourth-order valence-electron chi connectivity index (χ4n) is 5.30. The zero-order valence-electron chi connectivity index (χ0n) is 32.5. The molecule has 0 saturated heterocycles. The van der Waals surface area contributed by atoms with Crippen molar-refractivity contribution < 1.29 is 0 Å². The van der Waals surface area contributed by atoms with E-state index in [9.17, 15) is 0 Å². The van der Waals surface area contributed by atoms with Crippen LogP contribution >= 0.6 is 0 Å². The molecule has 3 heterocycles. The second-order valence-electron chi connectivity index (χ2n) is 17.4. The van der Waals surface area contributed by atoms with Crippen molar-refractivity contribution in [2.45, 2.75) is 105 Å². The number of benzene rings is 3. The number of nitrogens with zero attached hydrogens (tertiary/aromatic N) is 9. The van der Waals surface area contributed by atoms with Gasteiger partial charge in [-0.1, -0.05) is 144 Å². The monoisotopic (exact) mass is 691 g/mol. The van der Waals surface area contributed by atoms with E-state index in [-0.39, 0.29) is 21.7 Å². The number of rotatable bonds is 5. The Hall–Kier alpha value is -5.31. The van der Waals surface area contributed by atoms with Gasteiger partial charge in [0.15, 0.2) is 29.1 Å². The third-order valence-electron chi connectivity index (χ3n) is 8.36. The molecule has 9 nitrogen and oxygen atoms in total. The summed E-state index contributed by atoms with van der Waals surface area (Å²) in [5.74, 6) is 5.67. The molecule has 266 valence electrons. The van der Waals surface area contributed by atoms with E-state index >= 15 is 0 Å². The molecule has 3 aromatic carbocycles. The standard InChI is InChI=1S/C43H49N9/c1-40(2,3)36-47-34(48-37(51-36)41(4,5)6)29-23-28(24-30(25-29)35-49-38(42(7,8)9)52-39(50-35)43(10,11)12)33-45-31(26-19-15-13-16-20-26)44-32(46-33)27-21-17-14-18-22-27/h13-25H,1-12H3. The molecular formula is C43H49N9. The van der Waals surface area contributed by atoms with Crippen LogP contribution in [-0.4, -0.2) is 44.9 Å². The molecule has 0 aliphatic carbocycles. The minimum Gasteiger partial charge on any atom is -0.217 e. The second-order valence-corrected chi connectivity index (χ2v) is 17.4. The zero-order chi connectivity index (χ0) is 37.6. The van der Waals surface area contributed by atoms with E-state index in [0.29, 0.717) is 29.1 Å². The second kappa shape index (κ2) is 13.3. The average molecular weight is 692 g/mol. The first-order valence-electron chi connectivity index (χ1n) is 17.8. The molecule has 0 saturated carbocycles. The van der Waals surface area contributed by atoms with Gasteiger partial charge < -0.3 is 0 Å². The van der Waals surface area contributed by atoms with Crippen molar-refractivity contribution in [3.8, 4) is 56.9 Å². The van der Waals surface area contributed by atoms with E-state index in [1.165, 1.54) is 0 Å². The van der Waals surface area contributed by atoms with Gasteiger partial charge in [0.1, 0.15) is 23.3 Å². The Labute approximate surface area is 308 Å². The molecule has 52 heavy (non-hydrogen) atoms. The SMILES string of the molecule is CC(C)(C)c1nc(-c2cc(-c3nc(-c4ccccc4)nc(-c4ccccc4)n3)cc(-c3nc(C(C)(C)C)nc(C(C)(C)C)n3)c2)nc(C(C)(C)C)n1.